The zero-order valence-corrected chi connectivity index (χ0v) is 10.7. The molecule has 1 aromatic heterocycles. The highest BCUT2D eigenvalue weighted by atomic mass is 16.5. The summed E-state index contributed by atoms with van der Waals surface area (Å²) in [6.45, 7) is 3.88. The minimum atomic E-state index is 0.441. The van der Waals surface area contributed by atoms with E-state index in [1.54, 1.807) is 13.2 Å². The molecule has 1 aromatic carbocycles. The number of methoxy groups -OCH3 is 1. The molecule has 0 saturated carbocycles. The van der Waals surface area contributed by atoms with Crippen LogP contribution in [0.5, 0.6) is 5.75 Å². The summed E-state index contributed by atoms with van der Waals surface area (Å²) in [5.74, 6) is 1.65. The van der Waals surface area contributed by atoms with Crippen LogP contribution in [0.3, 0.4) is 0 Å². The smallest absolute Gasteiger partial charge is 0.229 e. The van der Waals surface area contributed by atoms with Gasteiger partial charge in [-0.15, -0.1) is 0 Å². The molecule has 0 aliphatic carbocycles. The van der Waals surface area contributed by atoms with Gasteiger partial charge < -0.3 is 15.8 Å². The molecule has 0 unspecified atom stereocenters. The normalized spacial score (nSPS) is 10.2. The molecule has 0 saturated heterocycles. The molecule has 0 aliphatic rings. The fourth-order valence-electron chi connectivity index (χ4n) is 1.69. The minimum Gasteiger partial charge on any atom is -0.495 e. The Labute approximate surface area is 106 Å². The van der Waals surface area contributed by atoms with Crippen molar-refractivity contribution in [1.82, 2.24) is 9.97 Å². The molecule has 1 heterocycles. The van der Waals surface area contributed by atoms with Crippen LogP contribution in [0.2, 0.25) is 0 Å². The predicted octanol–water partition coefficient (Wildman–Crippen LogP) is 2.43. The van der Waals surface area contributed by atoms with Gasteiger partial charge in [-0.2, -0.15) is 4.98 Å². The molecule has 0 aliphatic heterocycles. The molecule has 0 radical (unpaired) electrons. The quantitative estimate of drug-likeness (QED) is 0.867. The zero-order valence-electron chi connectivity index (χ0n) is 10.7. The van der Waals surface area contributed by atoms with Crippen molar-refractivity contribution in [3.8, 4) is 5.75 Å². The third-order valence-corrected chi connectivity index (χ3v) is 2.48. The predicted molar refractivity (Wildman–Crippen MR) is 72.2 cm³/mol. The lowest BCUT2D eigenvalue weighted by Gasteiger charge is -2.11. The second kappa shape index (κ2) is 4.91. The van der Waals surface area contributed by atoms with Crippen molar-refractivity contribution >= 4 is 17.5 Å². The van der Waals surface area contributed by atoms with E-state index in [0.717, 1.165) is 22.7 Å². The number of rotatable bonds is 3. The van der Waals surface area contributed by atoms with Gasteiger partial charge in [-0.25, -0.2) is 4.98 Å². The lowest BCUT2D eigenvalue weighted by atomic mass is 10.2. The van der Waals surface area contributed by atoms with Crippen LogP contribution in [0.15, 0.2) is 24.3 Å². The number of hydrogen-bond acceptors (Lipinski definition) is 5. The molecule has 0 bridgehead atoms. The van der Waals surface area contributed by atoms with Crippen LogP contribution < -0.4 is 15.8 Å². The first-order chi connectivity index (χ1) is 8.58. The Kier molecular flexibility index (Phi) is 3.32. The number of benzene rings is 1. The topological polar surface area (TPSA) is 73.1 Å². The molecule has 94 valence electrons. The average molecular weight is 244 g/mol. The summed E-state index contributed by atoms with van der Waals surface area (Å²) in [5, 5.41) is 3.12. The van der Waals surface area contributed by atoms with Crippen molar-refractivity contribution in [2.45, 2.75) is 13.8 Å². The van der Waals surface area contributed by atoms with E-state index >= 15 is 0 Å². The van der Waals surface area contributed by atoms with E-state index in [-0.39, 0.29) is 0 Å². The molecule has 2 aromatic rings. The monoisotopic (exact) mass is 244 g/mol. The molecular formula is C13H16N4O. The van der Waals surface area contributed by atoms with Crippen LogP contribution in [-0.4, -0.2) is 17.1 Å². The van der Waals surface area contributed by atoms with Gasteiger partial charge in [-0.3, -0.25) is 0 Å². The maximum Gasteiger partial charge on any atom is 0.229 e. The van der Waals surface area contributed by atoms with Crippen molar-refractivity contribution in [3.05, 3.63) is 35.5 Å². The van der Waals surface area contributed by atoms with Crippen LogP contribution in [0.4, 0.5) is 17.5 Å². The van der Waals surface area contributed by atoms with E-state index in [2.05, 4.69) is 15.3 Å². The minimum absolute atomic E-state index is 0.441. The van der Waals surface area contributed by atoms with Gasteiger partial charge in [0, 0.05) is 11.8 Å². The molecule has 0 fully saturated rings. The maximum absolute atomic E-state index is 5.69. The van der Waals surface area contributed by atoms with Crippen LogP contribution in [0, 0.1) is 13.8 Å². The fraction of sp³-hybridized carbons (Fsp3) is 0.231. The van der Waals surface area contributed by atoms with E-state index < -0.39 is 0 Å². The Balaban J connectivity index is 2.35. The fourth-order valence-corrected chi connectivity index (χ4v) is 1.69. The van der Waals surface area contributed by atoms with Gasteiger partial charge in [-0.05, 0) is 31.5 Å². The number of aromatic nitrogens is 2. The Bertz CT molecular complexity index is 549. The number of aryl methyl sites for hydroxylation is 2. The Morgan fingerprint density at radius 1 is 1.17 bits per heavy atom. The Hall–Kier alpha value is -2.30. The first-order valence-electron chi connectivity index (χ1n) is 5.61. The van der Waals surface area contributed by atoms with E-state index in [4.69, 9.17) is 10.5 Å². The number of hydrogen-bond donors (Lipinski definition) is 2. The summed E-state index contributed by atoms with van der Waals surface area (Å²) in [6, 6.07) is 7.58. The van der Waals surface area contributed by atoms with Crippen LogP contribution >= 0.6 is 0 Å². The van der Waals surface area contributed by atoms with Gasteiger partial charge >= 0.3 is 0 Å². The Morgan fingerprint density at radius 2 is 1.94 bits per heavy atom. The summed E-state index contributed by atoms with van der Waals surface area (Å²) in [7, 11) is 1.63. The molecule has 3 N–H and O–H groups in total. The van der Waals surface area contributed by atoms with Crippen molar-refractivity contribution in [3.63, 3.8) is 0 Å². The van der Waals surface area contributed by atoms with E-state index in [9.17, 15) is 0 Å². The van der Waals surface area contributed by atoms with Crippen LogP contribution in [-0.2, 0) is 0 Å². The molecule has 2 rings (SSSR count). The molecule has 5 nitrogen and oxygen atoms in total. The van der Waals surface area contributed by atoms with Gasteiger partial charge in [0.15, 0.2) is 0 Å². The largest absolute Gasteiger partial charge is 0.495 e. The van der Waals surface area contributed by atoms with E-state index in [1.807, 2.05) is 32.0 Å². The maximum atomic E-state index is 5.69. The van der Waals surface area contributed by atoms with Gasteiger partial charge in [0.1, 0.15) is 11.6 Å². The van der Waals surface area contributed by atoms with Crippen molar-refractivity contribution in [2.75, 3.05) is 18.2 Å². The number of anilines is 3. The van der Waals surface area contributed by atoms with Gasteiger partial charge in [-0.1, -0.05) is 6.07 Å². The molecular weight excluding hydrogens is 228 g/mol. The molecule has 0 atom stereocenters. The number of nitrogens with two attached hydrogens (primary N) is 1. The Morgan fingerprint density at radius 3 is 2.61 bits per heavy atom. The lowest BCUT2D eigenvalue weighted by Crippen LogP contribution is -2.03. The van der Waals surface area contributed by atoms with E-state index in [1.165, 1.54) is 0 Å². The summed E-state index contributed by atoms with van der Waals surface area (Å²) >= 11 is 0. The number of ether oxygens (including phenoxy) is 1. The second-order valence-electron chi connectivity index (χ2n) is 4.09. The second-order valence-corrected chi connectivity index (χ2v) is 4.09. The first-order valence-corrected chi connectivity index (χ1v) is 5.61. The van der Waals surface area contributed by atoms with Crippen molar-refractivity contribution < 1.29 is 4.74 Å². The molecule has 5 heteroatoms. The molecule has 18 heavy (non-hydrogen) atoms. The molecule has 0 spiro atoms. The summed E-state index contributed by atoms with van der Waals surface area (Å²) in [5.41, 5.74) is 8.45. The zero-order chi connectivity index (χ0) is 13.1. The summed E-state index contributed by atoms with van der Waals surface area (Å²) < 4.78 is 5.28. The number of nitrogens with zero attached hydrogens (tertiary/aromatic N) is 2. The number of nitrogens with one attached hydrogen (secondary N) is 1. The van der Waals surface area contributed by atoms with Crippen molar-refractivity contribution in [2.24, 2.45) is 0 Å². The van der Waals surface area contributed by atoms with Crippen molar-refractivity contribution in [1.29, 1.82) is 0 Å². The van der Waals surface area contributed by atoms with Gasteiger partial charge in [0.25, 0.3) is 0 Å². The highest BCUT2D eigenvalue weighted by Crippen LogP contribution is 2.27. The summed E-state index contributed by atoms with van der Waals surface area (Å²) in [4.78, 5) is 8.41. The SMILES string of the molecule is COc1ccc(C)cc1Nc1nc(C)cc(N)n1. The third-order valence-electron chi connectivity index (χ3n) is 2.48. The standard InChI is InChI=1S/C13H16N4O/c1-8-4-5-11(18-3)10(6-8)16-13-15-9(2)7-12(14)17-13/h4-7H,1-3H3,(H3,14,15,16,17). The van der Waals surface area contributed by atoms with Crippen LogP contribution in [0.25, 0.3) is 0 Å². The van der Waals surface area contributed by atoms with Crippen LogP contribution in [0.1, 0.15) is 11.3 Å². The molecule has 0 amide bonds. The van der Waals surface area contributed by atoms with Gasteiger partial charge in [0.2, 0.25) is 5.95 Å². The third kappa shape index (κ3) is 2.68. The van der Waals surface area contributed by atoms with E-state index in [0.29, 0.717) is 11.8 Å². The number of nitrogen functional groups attached to an aromatic ring is 1. The summed E-state index contributed by atoms with van der Waals surface area (Å²) in [6.07, 6.45) is 0. The average Bonchev–Trinajstić information content (AvgIpc) is 2.27. The lowest BCUT2D eigenvalue weighted by molar-refractivity contribution is 0.416. The van der Waals surface area contributed by atoms with Gasteiger partial charge in [0.05, 0.1) is 12.8 Å². The first kappa shape index (κ1) is 12.2. The highest BCUT2D eigenvalue weighted by molar-refractivity contribution is 5.64. The highest BCUT2D eigenvalue weighted by Gasteiger charge is 2.06.